The van der Waals surface area contributed by atoms with Gasteiger partial charge in [0.25, 0.3) is 5.91 Å². The lowest BCUT2D eigenvalue weighted by Crippen LogP contribution is -2.39. The molecule has 1 aliphatic carbocycles. The number of amides is 1. The number of nitrogens with zero attached hydrogens (tertiary/aromatic N) is 1. The third-order valence-corrected chi connectivity index (χ3v) is 8.94. The molecule has 2 aliphatic rings. The van der Waals surface area contributed by atoms with E-state index in [0.29, 0.717) is 19.6 Å². The Labute approximate surface area is 195 Å². The van der Waals surface area contributed by atoms with Gasteiger partial charge in [0.1, 0.15) is 5.75 Å². The highest BCUT2D eigenvalue weighted by atomic mass is 35.5. The van der Waals surface area contributed by atoms with Crippen LogP contribution in [0.3, 0.4) is 0 Å². The Kier molecular flexibility index (Phi) is 6.79. The molecule has 1 heterocycles. The summed E-state index contributed by atoms with van der Waals surface area (Å²) in [4.78, 5) is 13.2. The van der Waals surface area contributed by atoms with Crippen molar-refractivity contribution < 1.29 is 17.9 Å². The minimum Gasteiger partial charge on any atom is -0.496 e. The average Bonchev–Trinajstić information content (AvgIpc) is 3.51. The van der Waals surface area contributed by atoms with Crippen LogP contribution < -0.4 is 10.1 Å². The number of carbonyl (C=O) groups is 1. The second kappa shape index (κ2) is 9.41. The number of halogens is 1. The fraction of sp³-hybridized carbons (Fsp3) is 0.458. The third-order valence-electron chi connectivity index (χ3n) is 6.71. The first-order valence-corrected chi connectivity index (χ1v) is 12.9. The van der Waals surface area contributed by atoms with Crippen LogP contribution in [0.1, 0.15) is 54.4 Å². The lowest BCUT2D eigenvalue weighted by molar-refractivity contribution is 0.0942. The van der Waals surface area contributed by atoms with Crippen molar-refractivity contribution in [2.24, 2.45) is 0 Å². The highest BCUT2D eigenvalue weighted by molar-refractivity contribution is 7.89. The molecule has 0 aromatic heterocycles. The molecule has 0 unspecified atom stereocenters. The maximum absolute atomic E-state index is 13.1. The van der Waals surface area contributed by atoms with Crippen LogP contribution in [0.25, 0.3) is 0 Å². The quantitative estimate of drug-likeness (QED) is 0.643. The summed E-state index contributed by atoms with van der Waals surface area (Å²) in [6, 6.07) is 12.3. The minimum atomic E-state index is -3.63. The van der Waals surface area contributed by atoms with Gasteiger partial charge >= 0.3 is 0 Å². The van der Waals surface area contributed by atoms with Crippen LogP contribution in [0.2, 0.25) is 5.02 Å². The smallest absolute Gasteiger partial charge is 0.252 e. The van der Waals surface area contributed by atoms with Gasteiger partial charge in [-0.2, -0.15) is 4.31 Å². The van der Waals surface area contributed by atoms with E-state index in [4.69, 9.17) is 16.3 Å². The maximum Gasteiger partial charge on any atom is 0.252 e. The van der Waals surface area contributed by atoms with Gasteiger partial charge in [-0.15, -0.1) is 0 Å². The Balaban J connectivity index is 1.57. The molecule has 2 fully saturated rings. The summed E-state index contributed by atoms with van der Waals surface area (Å²) >= 11 is 6.31. The van der Waals surface area contributed by atoms with Crippen molar-refractivity contribution in [3.63, 3.8) is 0 Å². The summed E-state index contributed by atoms with van der Waals surface area (Å²) in [6.45, 7) is 1.45. The van der Waals surface area contributed by atoms with Crippen LogP contribution in [0, 0.1) is 0 Å². The number of rotatable bonds is 7. The Hall–Kier alpha value is -2.09. The Morgan fingerprint density at radius 3 is 2.47 bits per heavy atom. The lowest BCUT2D eigenvalue weighted by atomic mass is 9.78. The van der Waals surface area contributed by atoms with E-state index in [1.165, 1.54) is 22.5 Å². The largest absolute Gasteiger partial charge is 0.496 e. The highest BCUT2D eigenvalue weighted by Gasteiger charge is 2.38. The molecular formula is C24H29ClN2O4S. The second-order valence-electron chi connectivity index (χ2n) is 8.62. The van der Waals surface area contributed by atoms with Crippen molar-refractivity contribution in [1.82, 2.24) is 9.62 Å². The molecule has 1 aliphatic heterocycles. The fourth-order valence-corrected chi connectivity index (χ4v) is 6.68. The first-order valence-electron chi connectivity index (χ1n) is 11.1. The molecule has 8 heteroatoms. The zero-order valence-electron chi connectivity index (χ0n) is 18.3. The van der Waals surface area contributed by atoms with E-state index in [1.54, 1.807) is 7.11 Å². The number of carbonyl (C=O) groups excluding carboxylic acids is 1. The van der Waals surface area contributed by atoms with E-state index >= 15 is 0 Å². The minimum absolute atomic E-state index is 0.106. The predicted octanol–water partition coefficient (Wildman–Crippen LogP) is 4.37. The molecule has 2 aromatic carbocycles. The highest BCUT2D eigenvalue weighted by Crippen LogP contribution is 2.44. The Bertz CT molecular complexity index is 1090. The molecule has 1 saturated carbocycles. The number of hydrogen-bond donors (Lipinski definition) is 1. The molecule has 1 amide bonds. The van der Waals surface area contributed by atoms with Gasteiger partial charge < -0.3 is 10.1 Å². The van der Waals surface area contributed by atoms with Crippen molar-refractivity contribution in [1.29, 1.82) is 0 Å². The number of methoxy groups -OCH3 is 1. The van der Waals surface area contributed by atoms with Gasteiger partial charge in [0, 0.05) is 30.6 Å². The van der Waals surface area contributed by atoms with Crippen LogP contribution in [0.5, 0.6) is 5.75 Å². The molecule has 0 radical (unpaired) electrons. The van der Waals surface area contributed by atoms with E-state index in [-0.39, 0.29) is 26.8 Å². The molecule has 0 bridgehead atoms. The van der Waals surface area contributed by atoms with Crippen molar-refractivity contribution in [2.45, 2.75) is 48.8 Å². The molecular weight excluding hydrogens is 448 g/mol. The molecule has 1 saturated heterocycles. The molecule has 2 aromatic rings. The van der Waals surface area contributed by atoms with Crippen LogP contribution in [0.15, 0.2) is 47.4 Å². The van der Waals surface area contributed by atoms with Crippen molar-refractivity contribution >= 4 is 27.5 Å². The molecule has 4 rings (SSSR count). The summed E-state index contributed by atoms with van der Waals surface area (Å²) in [5.41, 5.74) is 1.06. The third kappa shape index (κ3) is 4.38. The summed E-state index contributed by atoms with van der Waals surface area (Å²) in [5, 5.41) is 3.27. The van der Waals surface area contributed by atoms with E-state index in [9.17, 15) is 13.2 Å². The van der Waals surface area contributed by atoms with Gasteiger partial charge in [-0.25, -0.2) is 8.42 Å². The van der Waals surface area contributed by atoms with E-state index in [2.05, 4.69) is 11.4 Å². The molecule has 172 valence electrons. The average molecular weight is 477 g/mol. The predicted molar refractivity (Wildman–Crippen MR) is 125 cm³/mol. The number of benzene rings is 2. The summed E-state index contributed by atoms with van der Waals surface area (Å²) in [6.07, 6.45) is 5.77. The zero-order valence-corrected chi connectivity index (χ0v) is 19.8. The van der Waals surface area contributed by atoms with Gasteiger partial charge in [-0.3, -0.25) is 4.79 Å². The Morgan fingerprint density at radius 2 is 1.78 bits per heavy atom. The van der Waals surface area contributed by atoms with Crippen LogP contribution in [0.4, 0.5) is 0 Å². The van der Waals surface area contributed by atoms with Crippen molar-refractivity contribution in [2.75, 3.05) is 26.7 Å². The van der Waals surface area contributed by atoms with Crippen LogP contribution >= 0.6 is 11.6 Å². The number of sulfonamides is 1. The second-order valence-corrected chi connectivity index (χ2v) is 11.0. The summed E-state index contributed by atoms with van der Waals surface area (Å²) < 4.78 is 32.9. The van der Waals surface area contributed by atoms with Gasteiger partial charge in [0.2, 0.25) is 10.0 Å². The number of hydrogen-bond acceptors (Lipinski definition) is 4. The maximum atomic E-state index is 13.1. The number of nitrogens with one attached hydrogen (secondary N) is 1. The topological polar surface area (TPSA) is 75.7 Å². The van der Waals surface area contributed by atoms with Crippen molar-refractivity contribution in [3.8, 4) is 5.75 Å². The summed E-state index contributed by atoms with van der Waals surface area (Å²) in [7, 11) is -1.97. The number of para-hydroxylation sites is 1. The molecule has 6 nitrogen and oxygen atoms in total. The van der Waals surface area contributed by atoms with Crippen LogP contribution in [-0.4, -0.2) is 45.4 Å². The summed E-state index contributed by atoms with van der Waals surface area (Å²) in [5.74, 6) is 0.454. The lowest BCUT2D eigenvalue weighted by Gasteiger charge is -2.31. The van der Waals surface area contributed by atoms with E-state index < -0.39 is 10.0 Å². The van der Waals surface area contributed by atoms with Gasteiger partial charge in [0.05, 0.1) is 22.6 Å². The SMILES string of the molecule is COc1ccccc1C1(CNC(=O)c2cc(S(=O)(=O)N3CCCC3)ccc2Cl)CCCC1. The number of ether oxygens (including phenoxy) is 1. The van der Waals surface area contributed by atoms with Crippen LogP contribution in [-0.2, 0) is 15.4 Å². The van der Waals surface area contributed by atoms with Gasteiger partial charge in [0.15, 0.2) is 0 Å². The first-order chi connectivity index (χ1) is 15.4. The first kappa shape index (κ1) is 23.1. The standard InChI is InChI=1S/C24H29ClN2O4S/c1-31-22-9-3-2-8-20(22)24(12-4-5-13-24)17-26-23(28)19-16-18(10-11-21(19)25)32(29,30)27-14-6-7-15-27/h2-3,8-11,16H,4-7,12-15,17H2,1H3,(H,26,28). The zero-order chi connectivity index (χ0) is 22.8. The monoisotopic (exact) mass is 476 g/mol. The Morgan fingerprint density at radius 1 is 1.09 bits per heavy atom. The van der Waals surface area contributed by atoms with Gasteiger partial charge in [-0.05, 0) is 49.9 Å². The molecule has 1 N–H and O–H groups in total. The molecule has 0 atom stereocenters. The molecule has 32 heavy (non-hydrogen) atoms. The fourth-order valence-electron chi connectivity index (χ4n) is 4.94. The van der Waals surface area contributed by atoms with E-state index in [0.717, 1.165) is 49.8 Å². The normalized spacial score (nSPS) is 18.6. The molecule has 0 spiro atoms. The van der Waals surface area contributed by atoms with Gasteiger partial charge in [-0.1, -0.05) is 42.6 Å². The van der Waals surface area contributed by atoms with Crippen molar-refractivity contribution in [3.05, 3.63) is 58.6 Å². The van der Waals surface area contributed by atoms with E-state index in [1.807, 2.05) is 18.2 Å².